The van der Waals surface area contributed by atoms with Crippen molar-refractivity contribution in [3.63, 3.8) is 0 Å². The monoisotopic (exact) mass is 332 g/mol. The molecule has 2 aromatic rings. The van der Waals surface area contributed by atoms with Crippen LogP contribution in [0.15, 0.2) is 30.3 Å². The van der Waals surface area contributed by atoms with Gasteiger partial charge in [-0.3, -0.25) is 10.1 Å². The third-order valence-corrected chi connectivity index (χ3v) is 3.26. The van der Waals surface area contributed by atoms with E-state index >= 15 is 0 Å². The Hall–Kier alpha value is -1.69. The predicted molar refractivity (Wildman–Crippen MR) is 79.1 cm³/mol. The van der Waals surface area contributed by atoms with Crippen LogP contribution >= 0.6 is 34.8 Å². The number of hydrogen-bond acceptors (Lipinski definition) is 4. The van der Waals surface area contributed by atoms with E-state index < -0.39 is 10.6 Å². The molecule has 0 aliphatic rings. The summed E-state index contributed by atoms with van der Waals surface area (Å²) in [5.41, 5.74) is 4.92. The Bertz CT molecular complexity index is 675. The topological polar surface area (TPSA) is 78.4 Å². The Morgan fingerprint density at radius 2 is 1.70 bits per heavy atom. The van der Waals surface area contributed by atoms with Gasteiger partial charge in [0.05, 0.1) is 15.0 Å². The highest BCUT2D eigenvalue weighted by Crippen LogP contribution is 2.45. The number of nitrogens with zero attached hydrogens (tertiary/aromatic N) is 1. The zero-order valence-electron chi connectivity index (χ0n) is 9.77. The number of ether oxygens (including phenoxy) is 1. The van der Waals surface area contributed by atoms with Gasteiger partial charge in [0, 0.05) is 5.02 Å². The first-order valence-electron chi connectivity index (χ1n) is 5.25. The fraction of sp³-hybridized carbons (Fsp3) is 0. The van der Waals surface area contributed by atoms with Crippen LogP contribution in [0.5, 0.6) is 11.5 Å². The van der Waals surface area contributed by atoms with Crippen molar-refractivity contribution in [2.24, 2.45) is 0 Å². The summed E-state index contributed by atoms with van der Waals surface area (Å²) in [5, 5.41) is 11.6. The normalized spacial score (nSPS) is 10.3. The van der Waals surface area contributed by atoms with Crippen molar-refractivity contribution in [3.8, 4) is 11.5 Å². The average Bonchev–Trinajstić information content (AvgIpc) is 2.38. The smallest absolute Gasteiger partial charge is 0.337 e. The number of nitrogen functional groups attached to an aromatic ring is 1. The second-order valence-corrected chi connectivity index (χ2v) is 5.00. The highest BCUT2D eigenvalue weighted by Gasteiger charge is 2.26. The number of hydrogen-bond donors (Lipinski definition) is 1. The van der Waals surface area contributed by atoms with Crippen molar-refractivity contribution < 1.29 is 9.66 Å². The van der Waals surface area contributed by atoms with Gasteiger partial charge in [-0.2, -0.15) is 0 Å². The first kappa shape index (κ1) is 14.7. The van der Waals surface area contributed by atoms with Gasteiger partial charge in [0.2, 0.25) is 5.75 Å². The molecule has 20 heavy (non-hydrogen) atoms. The van der Waals surface area contributed by atoms with E-state index in [0.717, 1.165) is 0 Å². The van der Waals surface area contributed by atoms with E-state index in [0.29, 0.717) is 10.8 Å². The summed E-state index contributed by atoms with van der Waals surface area (Å²) in [6.07, 6.45) is 0. The quantitative estimate of drug-likeness (QED) is 0.491. The molecular formula is C12H7Cl3N2O3. The summed E-state index contributed by atoms with van der Waals surface area (Å²) in [7, 11) is 0. The fourth-order valence-corrected chi connectivity index (χ4v) is 2.12. The first-order valence-corrected chi connectivity index (χ1v) is 6.39. The number of rotatable bonds is 3. The van der Waals surface area contributed by atoms with Crippen molar-refractivity contribution in [1.29, 1.82) is 0 Å². The summed E-state index contributed by atoms with van der Waals surface area (Å²) in [5.74, 6) is 0.169. The molecule has 0 unspecified atom stereocenters. The Morgan fingerprint density at radius 3 is 2.25 bits per heavy atom. The summed E-state index contributed by atoms with van der Waals surface area (Å²) in [6, 6.07) is 7.54. The van der Waals surface area contributed by atoms with Crippen molar-refractivity contribution in [2.75, 3.05) is 5.73 Å². The van der Waals surface area contributed by atoms with Crippen molar-refractivity contribution in [3.05, 3.63) is 55.5 Å². The van der Waals surface area contributed by atoms with Crippen LogP contribution in [-0.2, 0) is 0 Å². The van der Waals surface area contributed by atoms with E-state index in [9.17, 15) is 10.1 Å². The molecule has 0 saturated carbocycles. The van der Waals surface area contributed by atoms with Crippen molar-refractivity contribution >= 4 is 46.2 Å². The Labute approximate surface area is 129 Å². The maximum atomic E-state index is 11.1. The van der Waals surface area contributed by atoms with Gasteiger partial charge in [0.15, 0.2) is 0 Å². The van der Waals surface area contributed by atoms with Crippen LogP contribution in [-0.4, -0.2) is 4.92 Å². The SMILES string of the molecule is Nc1c(Cl)cc(Cl)c(Oc2ccc(Cl)cc2)c1[N+](=O)[O-]. The first-order chi connectivity index (χ1) is 9.40. The standard InChI is InChI=1S/C12H7Cl3N2O3/c13-6-1-3-7(4-2-6)20-12-9(15)5-8(14)10(16)11(12)17(18)19/h1-5H,16H2. The van der Waals surface area contributed by atoms with Crippen LogP contribution in [0.2, 0.25) is 15.1 Å². The molecule has 0 aromatic heterocycles. The molecule has 0 fully saturated rings. The molecule has 104 valence electrons. The number of nitrogens with two attached hydrogens (primary N) is 1. The molecule has 0 saturated heterocycles. The van der Waals surface area contributed by atoms with E-state index in [1.54, 1.807) is 24.3 Å². The summed E-state index contributed by atoms with van der Waals surface area (Å²) < 4.78 is 5.42. The van der Waals surface area contributed by atoms with Gasteiger partial charge in [0.25, 0.3) is 0 Å². The average molecular weight is 334 g/mol. The Balaban J connectivity index is 2.53. The molecule has 0 aliphatic heterocycles. The van der Waals surface area contributed by atoms with Gasteiger partial charge in [-0.1, -0.05) is 34.8 Å². The lowest BCUT2D eigenvalue weighted by atomic mass is 10.2. The Morgan fingerprint density at radius 1 is 1.10 bits per heavy atom. The summed E-state index contributed by atoms with van der Waals surface area (Å²) >= 11 is 17.5. The Kier molecular flexibility index (Phi) is 4.23. The van der Waals surface area contributed by atoms with Crippen LogP contribution in [0.1, 0.15) is 0 Å². The minimum atomic E-state index is -0.696. The van der Waals surface area contributed by atoms with Gasteiger partial charge in [-0.25, -0.2) is 0 Å². The molecule has 0 aliphatic carbocycles. The molecular weight excluding hydrogens is 327 g/mol. The third kappa shape index (κ3) is 2.90. The number of nitro benzene ring substituents is 1. The largest absolute Gasteiger partial charge is 0.448 e. The minimum absolute atomic E-state index is 0.00847. The van der Waals surface area contributed by atoms with Gasteiger partial charge in [-0.05, 0) is 30.3 Å². The molecule has 2 rings (SSSR count). The molecule has 0 radical (unpaired) electrons. The van der Waals surface area contributed by atoms with Gasteiger partial charge in [0.1, 0.15) is 11.4 Å². The zero-order valence-corrected chi connectivity index (χ0v) is 12.0. The van der Waals surface area contributed by atoms with Gasteiger partial charge >= 0.3 is 5.69 Å². The summed E-state index contributed by atoms with van der Waals surface area (Å²) in [4.78, 5) is 10.4. The van der Waals surface area contributed by atoms with Crippen LogP contribution < -0.4 is 10.5 Å². The number of benzene rings is 2. The van der Waals surface area contributed by atoms with E-state index in [2.05, 4.69) is 0 Å². The van der Waals surface area contributed by atoms with Gasteiger partial charge < -0.3 is 10.5 Å². The molecule has 2 N–H and O–H groups in total. The van der Waals surface area contributed by atoms with Crippen LogP contribution in [0.3, 0.4) is 0 Å². The third-order valence-electron chi connectivity index (χ3n) is 2.41. The van der Waals surface area contributed by atoms with E-state index in [4.69, 9.17) is 45.3 Å². The van der Waals surface area contributed by atoms with Crippen LogP contribution in [0, 0.1) is 10.1 Å². The fourth-order valence-electron chi connectivity index (χ4n) is 1.50. The molecule has 5 nitrogen and oxygen atoms in total. The lowest BCUT2D eigenvalue weighted by Gasteiger charge is -2.10. The molecule has 0 bridgehead atoms. The predicted octanol–water partition coefficient (Wildman–Crippen LogP) is 4.93. The molecule has 0 amide bonds. The highest BCUT2D eigenvalue weighted by molar-refractivity contribution is 6.38. The van der Waals surface area contributed by atoms with Crippen LogP contribution in [0.4, 0.5) is 11.4 Å². The molecule has 8 heteroatoms. The molecule has 2 aromatic carbocycles. The number of halogens is 3. The lowest BCUT2D eigenvalue weighted by molar-refractivity contribution is -0.384. The lowest BCUT2D eigenvalue weighted by Crippen LogP contribution is -2.00. The second-order valence-electron chi connectivity index (χ2n) is 3.74. The maximum absolute atomic E-state index is 11.1. The van der Waals surface area contributed by atoms with Crippen LogP contribution in [0.25, 0.3) is 0 Å². The maximum Gasteiger partial charge on any atom is 0.337 e. The van der Waals surface area contributed by atoms with E-state index in [-0.39, 0.29) is 21.5 Å². The van der Waals surface area contributed by atoms with E-state index in [1.807, 2.05) is 0 Å². The highest BCUT2D eigenvalue weighted by atomic mass is 35.5. The molecule has 0 heterocycles. The molecule has 0 atom stereocenters. The van der Waals surface area contributed by atoms with E-state index in [1.165, 1.54) is 6.07 Å². The second kappa shape index (κ2) is 5.75. The number of nitro groups is 1. The number of anilines is 1. The minimum Gasteiger partial charge on any atom is -0.448 e. The zero-order chi connectivity index (χ0) is 14.9. The molecule has 0 spiro atoms. The van der Waals surface area contributed by atoms with Crippen molar-refractivity contribution in [2.45, 2.75) is 0 Å². The summed E-state index contributed by atoms with van der Waals surface area (Å²) in [6.45, 7) is 0. The van der Waals surface area contributed by atoms with Crippen molar-refractivity contribution in [1.82, 2.24) is 0 Å². The van der Waals surface area contributed by atoms with Gasteiger partial charge in [-0.15, -0.1) is 0 Å².